The predicted molar refractivity (Wildman–Crippen MR) is 81.4 cm³/mol. The summed E-state index contributed by atoms with van der Waals surface area (Å²) in [5.74, 6) is 0.884. The zero-order valence-corrected chi connectivity index (χ0v) is 11.8. The lowest BCUT2D eigenvalue weighted by atomic mass is 10.3. The molecule has 0 aliphatic heterocycles. The number of hydrogen-bond acceptors (Lipinski definition) is 2. The number of aryl methyl sites for hydroxylation is 1. The molecular formula is C16H19N3O. The third-order valence-electron chi connectivity index (χ3n) is 3.03. The molecule has 0 unspecified atom stereocenters. The van der Waals surface area contributed by atoms with E-state index in [0.717, 1.165) is 23.4 Å². The Kier molecular flexibility index (Phi) is 4.71. The van der Waals surface area contributed by atoms with Gasteiger partial charge in [-0.1, -0.05) is 30.4 Å². The van der Waals surface area contributed by atoms with E-state index >= 15 is 0 Å². The van der Waals surface area contributed by atoms with E-state index < -0.39 is 0 Å². The Hall–Kier alpha value is -2.36. The molecular weight excluding hydrogens is 250 g/mol. The summed E-state index contributed by atoms with van der Waals surface area (Å²) >= 11 is 0. The van der Waals surface area contributed by atoms with Gasteiger partial charge in [0, 0.05) is 19.2 Å². The Balaban J connectivity index is 1.96. The molecule has 4 heteroatoms. The van der Waals surface area contributed by atoms with Crippen LogP contribution in [0.1, 0.15) is 12.7 Å². The monoisotopic (exact) mass is 269 g/mol. The van der Waals surface area contributed by atoms with E-state index in [1.165, 1.54) is 6.08 Å². The highest BCUT2D eigenvalue weighted by atomic mass is 16.1. The molecule has 0 spiro atoms. The fourth-order valence-corrected chi connectivity index (χ4v) is 2.08. The van der Waals surface area contributed by atoms with Crippen molar-refractivity contribution in [3.05, 3.63) is 54.4 Å². The minimum Gasteiger partial charge on any atom is -0.351 e. The summed E-state index contributed by atoms with van der Waals surface area (Å²) in [5, 5.41) is 2.86. The van der Waals surface area contributed by atoms with E-state index in [-0.39, 0.29) is 5.91 Å². The summed E-state index contributed by atoms with van der Waals surface area (Å²) in [7, 11) is 0. The van der Waals surface area contributed by atoms with Gasteiger partial charge in [0.25, 0.3) is 0 Å². The number of nitrogens with one attached hydrogen (secondary N) is 1. The quantitative estimate of drug-likeness (QED) is 0.670. The van der Waals surface area contributed by atoms with Crippen molar-refractivity contribution in [1.82, 2.24) is 14.9 Å². The largest absolute Gasteiger partial charge is 0.351 e. The van der Waals surface area contributed by atoms with Crippen LogP contribution in [0.3, 0.4) is 0 Å². The fourth-order valence-electron chi connectivity index (χ4n) is 2.08. The highest BCUT2D eigenvalue weighted by molar-refractivity contribution is 5.87. The van der Waals surface area contributed by atoms with E-state index in [1.807, 2.05) is 50.3 Å². The van der Waals surface area contributed by atoms with Crippen LogP contribution >= 0.6 is 0 Å². The zero-order chi connectivity index (χ0) is 14.4. The zero-order valence-electron chi connectivity index (χ0n) is 11.8. The Bertz CT molecular complexity index is 653. The van der Waals surface area contributed by atoms with Crippen LogP contribution in [0.15, 0.2) is 48.6 Å². The van der Waals surface area contributed by atoms with E-state index in [2.05, 4.69) is 14.9 Å². The van der Waals surface area contributed by atoms with Crippen molar-refractivity contribution in [3.63, 3.8) is 0 Å². The number of hydrogen-bond donors (Lipinski definition) is 1. The first-order valence-corrected chi connectivity index (χ1v) is 6.71. The molecule has 1 aromatic heterocycles. The van der Waals surface area contributed by atoms with Crippen molar-refractivity contribution in [2.24, 2.45) is 0 Å². The van der Waals surface area contributed by atoms with Gasteiger partial charge in [-0.3, -0.25) is 4.79 Å². The number of carbonyl (C=O) groups excluding carboxylic acids is 1. The number of aromatic nitrogens is 2. The van der Waals surface area contributed by atoms with Gasteiger partial charge in [0.05, 0.1) is 11.0 Å². The fraction of sp³-hybridized carbons (Fsp3) is 0.250. The topological polar surface area (TPSA) is 46.9 Å². The Morgan fingerprint density at radius 3 is 2.95 bits per heavy atom. The van der Waals surface area contributed by atoms with Crippen molar-refractivity contribution in [3.8, 4) is 0 Å². The number of nitrogens with zero attached hydrogens (tertiary/aromatic N) is 2. The van der Waals surface area contributed by atoms with Crippen molar-refractivity contribution in [2.45, 2.75) is 20.4 Å². The summed E-state index contributed by atoms with van der Waals surface area (Å²) in [6, 6.07) is 8.02. The predicted octanol–water partition coefficient (Wildman–Crippen LogP) is 2.59. The van der Waals surface area contributed by atoms with Gasteiger partial charge in [0.15, 0.2) is 0 Å². The summed E-state index contributed by atoms with van der Waals surface area (Å²) in [5.41, 5.74) is 2.09. The van der Waals surface area contributed by atoms with Gasteiger partial charge in [-0.25, -0.2) is 4.98 Å². The minimum atomic E-state index is -0.0785. The maximum atomic E-state index is 11.5. The van der Waals surface area contributed by atoms with Crippen LogP contribution in [-0.4, -0.2) is 22.0 Å². The van der Waals surface area contributed by atoms with Crippen LogP contribution in [-0.2, 0) is 11.3 Å². The maximum Gasteiger partial charge on any atom is 0.244 e. The van der Waals surface area contributed by atoms with Crippen LogP contribution in [0.4, 0.5) is 0 Å². The van der Waals surface area contributed by atoms with Crippen molar-refractivity contribution < 1.29 is 4.79 Å². The second-order valence-electron chi connectivity index (χ2n) is 4.48. The lowest BCUT2D eigenvalue weighted by molar-refractivity contribution is -0.116. The first-order chi connectivity index (χ1) is 9.72. The number of amides is 1. The number of carbonyl (C=O) groups is 1. The van der Waals surface area contributed by atoms with E-state index in [4.69, 9.17) is 0 Å². The molecule has 0 atom stereocenters. The molecule has 20 heavy (non-hydrogen) atoms. The molecule has 1 heterocycles. The number of para-hydroxylation sites is 2. The van der Waals surface area contributed by atoms with E-state index in [1.54, 1.807) is 6.08 Å². The third-order valence-corrected chi connectivity index (χ3v) is 3.03. The van der Waals surface area contributed by atoms with Crippen molar-refractivity contribution >= 4 is 16.9 Å². The Morgan fingerprint density at radius 2 is 2.15 bits per heavy atom. The molecule has 0 radical (unpaired) electrons. The Labute approximate surface area is 118 Å². The number of allylic oxidation sites excluding steroid dienone is 3. The molecule has 1 N–H and O–H groups in total. The average molecular weight is 269 g/mol. The van der Waals surface area contributed by atoms with Gasteiger partial charge < -0.3 is 9.88 Å². The first kappa shape index (κ1) is 14.1. The van der Waals surface area contributed by atoms with Crippen LogP contribution in [0.2, 0.25) is 0 Å². The lowest BCUT2D eigenvalue weighted by Gasteiger charge is -2.07. The molecule has 1 aromatic carbocycles. The van der Waals surface area contributed by atoms with E-state index in [0.29, 0.717) is 6.54 Å². The van der Waals surface area contributed by atoms with Gasteiger partial charge >= 0.3 is 0 Å². The lowest BCUT2D eigenvalue weighted by Crippen LogP contribution is -2.25. The summed E-state index contributed by atoms with van der Waals surface area (Å²) < 4.78 is 2.12. The van der Waals surface area contributed by atoms with Crippen LogP contribution in [0.25, 0.3) is 11.0 Å². The van der Waals surface area contributed by atoms with Gasteiger partial charge in [-0.2, -0.15) is 0 Å². The number of benzene rings is 1. The van der Waals surface area contributed by atoms with Gasteiger partial charge in [-0.15, -0.1) is 0 Å². The summed E-state index contributed by atoms with van der Waals surface area (Å²) in [6.07, 6.45) is 6.96. The second-order valence-corrected chi connectivity index (χ2v) is 4.48. The maximum absolute atomic E-state index is 11.5. The molecule has 0 aliphatic rings. The van der Waals surface area contributed by atoms with Gasteiger partial charge in [0.1, 0.15) is 5.82 Å². The molecule has 0 aliphatic carbocycles. The molecule has 104 valence electrons. The smallest absolute Gasteiger partial charge is 0.244 e. The molecule has 2 rings (SSSR count). The number of rotatable bonds is 5. The van der Waals surface area contributed by atoms with Crippen molar-refractivity contribution in [2.75, 3.05) is 6.54 Å². The van der Waals surface area contributed by atoms with Gasteiger partial charge in [0.2, 0.25) is 5.91 Å². The molecule has 0 bridgehead atoms. The van der Waals surface area contributed by atoms with Crippen molar-refractivity contribution in [1.29, 1.82) is 0 Å². The molecule has 0 saturated heterocycles. The normalized spacial score (nSPS) is 11.7. The standard InChI is InChI=1S/C16H19N3O/c1-3-4-5-10-16(20)17-11-12-19-13(2)18-14-8-6-7-9-15(14)19/h3-10H,11-12H2,1-2H3,(H,17,20)/b4-3+,10-5+. The Morgan fingerprint density at radius 1 is 1.35 bits per heavy atom. The highest BCUT2D eigenvalue weighted by Crippen LogP contribution is 2.14. The SMILES string of the molecule is C/C=C/C=C/C(=O)NCCn1c(C)nc2ccccc21. The second kappa shape index (κ2) is 6.70. The van der Waals surface area contributed by atoms with Crippen LogP contribution in [0, 0.1) is 6.92 Å². The molecule has 0 saturated carbocycles. The summed E-state index contributed by atoms with van der Waals surface area (Å²) in [6.45, 7) is 5.19. The highest BCUT2D eigenvalue weighted by Gasteiger charge is 2.06. The number of fused-ring (bicyclic) bond motifs is 1. The van der Waals surface area contributed by atoms with Crippen LogP contribution in [0.5, 0.6) is 0 Å². The molecule has 0 fully saturated rings. The summed E-state index contributed by atoms with van der Waals surface area (Å²) in [4.78, 5) is 16.0. The molecule has 1 amide bonds. The van der Waals surface area contributed by atoms with E-state index in [9.17, 15) is 4.79 Å². The third kappa shape index (κ3) is 3.35. The minimum absolute atomic E-state index is 0.0785. The first-order valence-electron chi connectivity index (χ1n) is 6.71. The van der Waals surface area contributed by atoms with Crippen LogP contribution < -0.4 is 5.32 Å². The molecule has 2 aromatic rings. The van der Waals surface area contributed by atoms with Gasteiger partial charge in [-0.05, 0) is 26.0 Å². The molecule has 4 nitrogen and oxygen atoms in total. The average Bonchev–Trinajstić information content (AvgIpc) is 2.75. The number of imidazole rings is 1.